The standard InChI is InChI=1S/C11H12BrFN2O3/c1-15(10(16)9(14)11(17)18)5-6-4-7(12)2-3-8(6)13/h2-4,9H,5,14H2,1H3,(H,17,18). The van der Waals surface area contributed by atoms with E-state index >= 15 is 0 Å². The van der Waals surface area contributed by atoms with E-state index in [1.165, 1.54) is 25.2 Å². The van der Waals surface area contributed by atoms with Crippen LogP contribution in [0.25, 0.3) is 0 Å². The number of carbonyl (C=O) groups excluding carboxylic acids is 1. The predicted molar refractivity (Wildman–Crippen MR) is 66.2 cm³/mol. The first-order valence-electron chi connectivity index (χ1n) is 5.00. The molecular weight excluding hydrogens is 307 g/mol. The number of hydrogen-bond acceptors (Lipinski definition) is 3. The van der Waals surface area contributed by atoms with Gasteiger partial charge in [0.1, 0.15) is 5.82 Å². The number of nitrogens with zero attached hydrogens (tertiary/aromatic N) is 1. The summed E-state index contributed by atoms with van der Waals surface area (Å²) in [5, 5.41) is 8.61. The van der Waals surface area contributed by atoms with Crippen LogP contribution in [0.15, 0.2) is 22.7 Å². The van der Waals surface area contributed by atoms with Crippen molar-refractivity contribution in [1.29, 1.82) is 0 Å². The molecule has 1 aromatic carbocycles. The number of nitrogens with two attached hydrogens (primary N) is 1. The first-order chi connectivity index (χ1) is 8.32. The van der Waals surface area contributed by atoms with Gasteiger partial charge in [0.05, 0.1) is 0 Å². The number of aliphatic carboxylic acids is 1. The quantitative estimate of drug-likeness (QED) is 0.810. The molecule has 0 fully saturated rings. The maximum Gasteiger partial charge on any atom is 0.330 e. The van der Waals surface area contributed by atoms with Crippen LogP contribution in [0.4, 0.5) is 4.39 Å². The first kappa shape index (κ1) is 14.6. The van der Waals surface area contributed by atoms with Gasteiger partial charge in [-0.15, -0.1) is 0 Å². The van der Waals surface area contributed by atoms with E-state index < -0.39 is 23.7 Å². The topological polar surface area (TPSA) is 83.6 Å². The van der Waals surface area contributed by atoms with Crippen LogP contribution in [0.2, 0.25) is 0 Å². The highest BCUT2D eigenvalue weighted by molar-refractivity contribution is 9.10. The minimum absolute atomic E-state index is 0.0505. The molecule has 1 amide bonds. The number of halogens is 2. The van der Waals surface area contributed by atoms with Crippen molar-refractivity contribution in [2.75, 3.05) is 7.05 Å². The van der Waals surface area contributed by atoms with Crippen molar-refractivity contribution in [3.63, 3.8) is 0 Å². The molecule has 0 saturated heterocycles. The van der Waals surface area contributed by atoms with E-state index in [0.29, 0.717) is 4.47 Å². The molecule has 1 rings (SSSR count). The van der Waals surface area contributed by atoms with Gasteiger partial charge in [0.15, 0.2) is 6.04 Å². The lowest BCUT2D eigenvalue weighted by molar-refractivity contribution is -0.146. The van der Waals surface area contributed by atoms with Gasteiger partial charge in [-0.2, -0.15) is 0 Å². The van der Waals surface area contributed by atoms with Gasteiger partial charge in [-0.1, -0.05) is 15.9 Å². The van der Waals surface area contributed by atoms with E-state index in [-0.39, 0.29) is 12.1 Å². The summed E-state index contributed by atoms with van der Waals surface area (Å²) in [5.41, 5.74) is 5.46. The zero-order valence-electron chi connectivity index (χ0n) is 9.56. The number of rotatable bonds is 4. The zero-order chi connectivity index (χ0) is 13.9. The molecule has 0 saturated carbocycles. The third-order valence-corrected chi connectivity index (χ3v) is 2.82. The molecule has 0 aliphatic rings. The summed E-state index contributed by atoms with van der Waals surface area (Å²) in [6.07, 6.45) is 0. The third-order valence-electron chi connectivity index (χ3n) is 2.32. The summed E-state index contributed by atoms with van der Waals surface area (Å²) in [7, 11) is 1.37. The fourth-order valence-electron chi connectivity index (χ4n) is 1.34. The Morgan fingerprint density at radius 3 is 2.72 bits per heavy atom. The predicted octanol–water partition coefficient (Wildman–Crippen LogP) is 0.959. The van der Waals surface area contributed by atoms with Crippen molar-refractivity contribution < 1.29 is 19.1 Å². The van der Waals surface area contributed by atoms with Crippen molar-refractivity contribution in [3.8, 4) is 0 Å². The summed E-state index contributed by atoms with van der Waals surface area (Å²) in [6, 6.07) is 2.68. The number of carbonyl (C=O) groups is 2. The van der Waals surface area contributed by atoms with E-state index in [1.807, 2.05) is 0 Å². The fraction of sp³-hybridized carbons (Fsp3) is 0.273. The van der Waals surface area contributed by atoms with Gasteiger partial charge < -0.3 is 15.7 Å². The van der Waals surface area contributed by atoms with E-state index in [9.17, 15) is 14.0 Å². The zero-order valence-corrected chi connectivity index (χ0v) is 11.1. The summed E-state index contributed by atoms with van der Waals surface area (Å²) in [5.74, 6) is -2.66. The first-order valence-corrected chi connectivity index (χ1v) is 5.79. The Balaban J connectivity index is 2.81. The van der Waals surface area contributed by atoms with Crippen LogP contribution in [0.3, 0.4) is 0 Å². The molecule has 0 heterocycles. The Morgan fingerprint density at radius 1 is 1.56 bits per heavy atom. The van der Waals surface area contributed by atoms with Crippen LogP contribution in [0.1, 0.15) is 5.56 Å². The van der Waals surface area contributed by atoms with Crippen LogP contribution in [-0.4, -0.2) is 35.0 Å². The van der Waals surface area contributed by atoms with Crippen molar-refractivity contribution in [2.24, 2.45) is 5.73 Å². The van der Waals surface area contributed by atoms with Gasteiger partial charge in [0, 0.05) is 23.6 Å². The van der Waals surface area contributed by atoms with Gasteiger partial charge in [0.2, 0.25) is 0 Å². The van der Waals surface area contributed by atoms with Crippen molar-refractivity contribution in [2.45, 2.75) is 12.6 Å². The normalized spacial score (nSPS) is 12.0. The Bertz CT molecular complexity index is 481. The van der Waals surface area contributed by atoms with Gasteiger partial charge in [-0.25, -0.2) is 9.18 Å². The van der Waals surface area contributed by atoms with Crippen molar-refractivity contribution in [3.05, 3.63) is 34.1 Å². The molecule has 0 aromatic heterocycles. The van der Waals surface area contributed by atoms with E-state index in [1.54, 1.807) is 0 Å². The van der Waals surface area contributed by atoms with Crippen LogP contribution in [0.5, 0.6) is 0 Å². The SMILES string of the molecule is CN(Cc1cc(Br)ccc1F)C(=O)C(N)C(=O)O. The van der Waals surface area contributed by atoms with E-state index in [0.717, 1.165) is 4.90 Å². The van der Waals surface area contributed by atoms with Gasteiger partial charge >= 0.3 is 5.97 Å². The van der Waals surface area contributed by atoms with Crippen LogP contribution in [0, 0.1) is 5.82 Å². The second-order valence-electron chi connectivity index (χ2n) is 3.75. The molecule has 1 atom stereocenters. The molecule has 0 bridgehead atoms. The van der Waals surface area contributed by atoms with Crippen molar-refractivity contribution >= 4 is 27.8 Å². The number of carboxylic acids is 1. The molecule has 0 radical (unpaired) electrons. The summed E-state index contributed by atoms with van der Waals surface area (Å²) in [6.45, 7) is -0.0505. The average molecular weight is 319 g/mol. The monoisotopic (exact) mass is 318 g/mol. The van der Waals surface area contributed by atoms with E-state index in [2.05, 4.69) is 15.9 Å². The smallest absolute Gasteiger partial charge is 0.330 e. The highest BCUT2D eigenvalue weighted by Gasteiger charge is 2.25. The molecule has 0 aliphatic carbocycles. The Labute approximate surface area is 112 Å². The number of carboxylic acid groups (broad SMARTS) is 1. The van der Waals surface area contributed by atoms with Crippen LogP contribution >= 0.6 is 15.9 Å². The van der Waals surface area contributed by atoms with Crippen molar-refractivity contribution in [1.82, 2.24) is 4.90 Å². The minimum atomic E-state index is -1.63. The molecule has 1 aromatic rings. The summed E-state index contributed by atoms with van der Waals surface area (Å²) < 4.78 is 14.1. The lowest BCUT2D eigenvalue weighted by atomic mass is 10.2. The Morgan fingerprint density at radius 2 is 2.17 bits per heavy atom. The molecular formula is C11H12BrFN2O3. The average Bonchev–Trinajstić information content (AvgIpc) is 2.31. The Kier molecular flexibility index (Phi) is 4.80. The van der Waals surface area contributed by atoms with E-state index in [4.69, 9.17) is 10.8 Å². The number of benzene rings is 1. The maximum atomic E-state index is 13.4. The van der Waals surface area contributed by atoms with Gasteiger partial charge in [-0.05, 0) is 18.2 Å². The molecule has 3 N–H and O–H groups in total. The minimum Gasteiger partial charge on any atom is -0.480 e. The highest BCUT2D eigenvalue weighted by atomic mass is 79.9. The van der Waals surface area contributed by atoms with Gasteiger partial charge in [0.25, 0.3) is 5.91 Å². The van der Waals surface area contributed by atoms with Crippen LogP contribution in [-0.2, 0) is 16.1 Å². The molecule has 1 unspecified atom stereocenters. The lowest BCUT2D eigenvalue weighted by Crippen LogP contribution is -2.46. The van der Waals surface area contributed by atoms with Crippen LogP contribution < -0.4 is 5.73 Å². The third kappa shape index (κ3) is 3.51. The van der Waals surface area contributed by atoms with Gasteiger partial charge in [-0.3, -0.25) is 4.79 Å². The largest absolute Gasteiger partial charge is 0.480 e. The summed E-state index contributed by atoms with van der Waals surface area (Å²) >= 11 is 3.19. The maximum absolute atomic E-state index is 13.4. The highest BCUT2D eigenvalue weighted by Crippen LogP contribution is 2.17. The molecule has 18 heavy (non-hydrogen) atoms. The lowest BCUT2D eigenvalue weighted by Gasteiger charge is -2.19. The number of amides is 1. The molecule has 7 heteroatoms. The molecule has 0 spiro atoms. The molecule has 5 nitrogen and oxygen atoms in total. The second-order valence-corrected chi connectivity index (χ2v) is 4.66. The fourth-order valence-corrected chi connectivity index (χ4v) is 1.75. The number of hydrogen-bond donors (Lipinski definition) is 2. The molecule has 98 valence electrons. The molecule has 0 aliphatic heterocycles. The summed E-state index contributed by atoms with van der Waals surface area (Å²) in [4.78, 5) is 23.2. The Hall–Kier alpha value is -1.47. The number of likely N-dealkylation sites (N-methyl/N-ethyl adjacent to an activating group) is 1. The second kappa shape index (κ2) is 5.92.